The lowest BCUT2D eigenvalue weighted by Gasteiger charge is -2.23. The smallest absolute Gasteiger partial charge is 0.0743 e. The largest absolute Gasteiger partial charge is 0.396 e. The number of nitrogens with one attached hydrogen (secondary N) is 1. The van der Waals surface area contributed by atoms with Crippen molar-refractivity contribution in [2.45, 2.75) is 38.6 Å². The fraction of sp³-hybridized carbons (Fsp3) is 0.438. The van der Waals surface area contributed by atoms with Crippen LogP contribution in [0.25, 0.3) is 10.9 Å². The Labute approximate surface area is 114 Å². The third-order valence-electron chi connectivity index (χ3n) is 4.28. The van der Waals surface area contributed by atoms with E-state index in [4.69, 9.17) is 5.73 Å². The van der Waals surface area contributed by atoms with Crippen LogP contribution in [0.15, 0.2) is 30.5 Å². The molecule has 3 heteroatoms. The fourth-order valence-electron chi connectivity index (χ4n) is 3.12. The molecule has 1 unspecified atom stereocenters. The van der Waals surface area contributed by atoms with Gasteiger partial charge in [-0.3, -0.25) is 4.98 Å². The number of nitrogens with zero attached hydrogens (tertiary/aromatic N) is 1. The minimum atomic E-state index is 0.468. The lowest BCUT2D eigenvalue weighted by Crippen LogP contribution is -2.24. The first-order chi connectivity index (χ1) is 9.25. The predicted octanol–water partition coefficient (Wildman–Crippen LogP) is 3.81. The van der Waals surface area contributed by atoms with Crippen LogP contribution in [0.4, 0.5) is 11.4 Å². The van der Waals surface area contributed by atoms with Crippen LogP contribution in [0, 0.1) is 5.92 Å². The number of rotatable bonds is 3. The van der Waals surface area contributed by atoms with Crippen molar-refractivity contribution in [1.82, 2.24) is 4.98 Å². The minimum absolute atomic E-state index is 0.468. The van der Waals surface area contributed by atoms with Gasteiger partial charge in [0.15, 0.2) is 0 Å². The standard InChI is InChI=1S/C16H21N3/c1-11(12-6-2-3-7-12)19-16-13-8-4-5-9-15(13)18-10-14(16)17/h4-5,8-12H,2-3,6-7,17H2,1H3,(H,18,19). The van der Waals surface area contributed by atoms with E-state index in [1.54, 1.807) is 6.20 Å². The second-order valence-electron chi connectivity index (χ2n) is 5.58. The number of nitrogen functional groups attached to an aromatic ring is 1. The molecule has 1 aromatic carbocycles. The maximum Gasteiger partial charge on any atom is 0.0743 e. The number of pyridine rings is 1. The molecular formula is C16H21N3. The van der Waals surface area contributed by atoms with Crippen molar-refractivity contribution in [2.24, 2.45) is 5.92 Å². The maximum absolute atomic E-state index is 6.11. The first-order valence-corrected chi connectivity index (χ1v) is 7.15. The first kappa shape index (κ1) is 12.3. The van der Waals surface area contributed by atoms with Gasteiger partial charge in [-0.25, -0.2) is 0 Å². The highest BCUT2D eigenvalue weighted by Gasteiger charge is 2.22. The molecule has 1 saturated carbocycles. The summed E-state index contributed by atoms with van der Waals surface area (Å²) in [5.74, 6) is 0.770. The summed E-state index contributed by atoms with van der Waals surface area (Å²) in [7, 11) is 0. The maximum atomic E-state index is 6.11. The summed E-state index contributed by atoms with van der Waals surface area (Å²) < 4.78 is 0. The Balaban J connectivity index is 1.92. The van der Waals surface area contributed by atoms with Crippen LogP contribution in [-0.4, -0.2) is 11.0 Å². The van der Waals surface area contributed by atoms with E-state index >= 15 is 0 Å². The lowest BCUT2D eigenvalue weighted by molar-refractivity contribution is 0.482. The molecular weight excluding hydrogens is 234 g/mol. The average Bonchev–Trinajstić information content (AvgIpc) is 2.96. The van der Waals surface area contributed by atoms with Crippen molar-refractivity contribution in [3.63, 3.8) is 0 Å². The number of nitrogens with two attached hydrogens (primary N) is 1. The van der Waals surface area contributed by atoms with E-state index in [2.05, 4.69) is 23.3 Å². The van der Waals surface area contributed by atoms with Crippen LogP contribution in [0.5, 0.6) is 0 Å². The van der Waals surface area contributed by atoms with Crippen molar-refractivity contribution in [1.29, 1.82) is 0 Å². The van der Waals surface area contributed by atoms with Crippen LogP contribution in [-0.2, 0) is 0 Å². The van der Waals surface area contributed by atoms with Gasteiger partial charge in [0.05, 0.1) is 23.1 Å². The Morgan fingerprint density at radius 3 is 2.79 bits per heavy atom. The molecule has 2 aromatic rings. The summed E-state index contributed by atoms with van der Waals surface area (Å²) in [5, 5.41) is 4.75. The Hall–Kier alpha value is -1.77. The number of anilines is 2. The van der Waals surface area contributed by atoms with Gasteiger partial charge in [-0.15, -0.1) is 0 Å². The summed E-state index contributed by atoms with van der Waals surface area (Å²) in [6.45, 7) is 2.27. The Bertz CT molecular complexity index is 573. The SMILES string of the molecule is CC(Nc1c(N)cnc2ccccc12)C1CCCC1. The van der Waals surface area contributed by atoms with Crippen LogP contribution in [0.1, 0.15) is 32.6 Å². The van der Waals surface area contributed by atoms with Crippen LogP contribution < -0.4 is 11.1 Å². The van der Waals surface area contributed by atoms with Crippen molar-refractivity contribution < 1.29 is 0 Å². The van der Waals surface area contributed by atoms with E-state index in [9.17, 15) is 0 Å². The third-order valence-corrected chi connectivity index (χ3v) is 4.28. The van der Waals surface area contributed by atoms with Crippen LogP contribution >= 0.6 is 0 Å². The molecule has 3 rings (SSSR count). The monoisotopic (exact) mass is 255 g/mol. The van der Waals surface area contributed by atoms with Crippen LogP contribution in [0.2, 0.25) is 0 Å². The van der Waals surface area contributed by atoms with E-state index < -0.39 is 0 Å². The van der Waals surface area contributed by atoms with Crippen LogP contribution in [0.3, 0.4) is 0 Å². The zero-order chi connectivity index (χ0) is 13.2. The van der Waals surface area contributed by atoms with Gasteiger partial charge in [0.2, 0.25) is 0 Å². The van der Waals surface area contributed by atoms with E-state index in [1.807, 2.05) is 18.2 Å². The number of aromatic nitrogens is 1. The second-order valence-corrected chi connectivity index (χ2v) is 5.58. The van der Waals surface area contributed by atoms with Crippen molar-refractivity contribution in [3.8, 4) is 0 Å². The molecule has 3 nitrogen and oxygen atoms in total. The molecule has 1 aliphatic rings. The highest BCUT2D eigenvalue weighted by Crippen LogP contribution is 2.33. The zero-order valence-electron chi connectivity index (χ0n) is 11.4. The molecule has 19 heavy (non-hydrogen) atoms. The summed E-state index contributed by atoms with van der Waals surface area (Å²) >= 11 is 0. The molecule has 1 heterocycles. The highest BCUT2D eigenvalue weighted by atomic mass is 14.9. The zero-order valence-corrected chi connectivity index (χ0v) is 11.4. The number of hydrogen-bond acceptors (Lipinski definition) is 3. The summed E-state index contributed by atoms with van der Waals surface area (Å²) in [4.78, 5) is 4.38. The van der Waals surface area contributed by atoms with Crippen molar-refractivity contribution in [2.75, 3.05) is 11.1 Å². The first-order valence-electron chi connectivity index (χ1n) is 7.15. The van der Waals surface area contributed by atoms with E-state index in [1.165, 1.54) is 25.7 Å². The van der Waals surface area contributed by atoms with Gasteiger partial charge >= 0.3 is 0 Å². The van der Waals surface area contributed by atoms with Gasteiger partial charge in [0.1, 0.15) is 0 Å². The molecule has 0 spiro atoms. The molecule has 1 aromatic heterocycles. The molecule has 0 saturated heterocycles. The van der Waals surface area contributed by atoms with Gasteiger partial charge in [-0.05, 0) is 31.7 Å². The number of benzene rings is 1. The molecule has 1 aliphatic carbocycles. The fourth-order valence-corrected chi connectivity index (χ4v) is 3.12. The summed E-state index contributed by atoms with van der Waals surface area (Å²) in [6, 6.07) is 8.63. The third kappa shape index (κ3) is 2.37. The summed E-state index contributed by atoms with van der Waals surface area (Å²) in [6.07, 6.45) is 7.15. The molecule has 1 atom stereocenters. The van der Waals surface area contributed by atoms with E-state index in [0.29, 0.717) is 6.04 Å². The van der Waals surface area contributed by atoms with Gasteiger partial charge in [0.25, 0.3) is 0 Å². The van der Waals surface area contributed by atoms with E-state index in [-0.39, 0.29) is 0 Å². The summed E-state index contributed by atoms with van der Waals surface area (Å²) in [5.41, 5.74) is 8.89. The van der Waals surface area contributed by atoms with Crippen molar-refractivity contribution in [3.05, 3.63) is 30.5 Å². The van der Waals surface area contributed by atoms with Gasteiger partial charge < -0.3 is 11.1 Å². The molecule has 0 aliphatic heterocycles. The van der Waals surface area contributed by atoms with Gasteiger partial charge in [0, 0.05) is 11.4 Å². The molecule has 0 bridgehead atoms. The van der Waals surface area contributed by atoms with E-state index in [0.717, 1.165) is 28.2 Å². The number of hydrogen-bond donors (Lipinski definition) is 2. The topological polar surface area (TPSA) is 50.9 Å². The number of para-hydroxylation sites is 1. The van der Waals surface area contributed by atoms with Crippen molar-refractivity contribution >= 4 is 22.3 Å². The molecule has 0 amide bonds. The van der Waals surface area contributed by atoms with Gasteiger partial charge in [-0.1, -0.05) is 31.0 Å². The highest BCUT2D eigenvalue weighted by molar-refractivity contribution is 5.96. The Morgan fingerprint density at radius 2 is 2.00 bits per heavy atom. The Morgan fingerprint density at radius 1 is 1.26 bits per heavy atom. The molecule has 3 N–H and O–H groups in total. The quantitative estimate of drug-likeness (QED) is 0.877. The molecule has 0 radical (unpaired) electrons. The molecule has 1 fully saturated rings. The normalized spacial score (nSPS) is 17.7. The van der Waals surface area contributed by atoms with Gasteiger partial charge in [-0.2, -0.15) is 0 Å². The molecule has 100 valence electrons. The number of fused-ring (bicyclic) bond motifs is 1. The lowest BCUT2D eigenvalue weighted by atomic mass is 9.99. The predicted molar refractivity (Wildman–Crippen MR) is 81.2 cm³/mol. The second kappa shape index (κ2) is 5.08. The Kier molecular flexibility index (Phi) is 3.28. The average molecular weight is 255 g/mol. The minimum Gasteiger partial charge on any atom is -0.396 e.